The van der Waals surface area contributed by atoms with Crippen LogP contribution in [0, 0.1) is 0 Å². The number of aromatic nitrogens is 4. The first-order valence-corrected chi connectivity index (χ1v) is 20.7. The zero-order valence-electron chi connectivity index (χ0n) is 30.7. The molecule has 0 saturated heterocycles. The van der Waals surface area contributed by atoms with E-state index in [0.29, 0.717) is 12.0 Å². The Kier molecular flexibility index (Phi) is 8.16. The van der Waals surface area contributed by atoms with Crippen molar-refractivity contribution in [3.05, 3.63) is 182 Å². The highest BCUT2D eigenvalue weighted by Crippen LogP contribution is 2.32. The first-order chi connectivity index (χ1) is 25.9. The lowest BCUT2D eigenvalue weighted by Gasteiger charge is -2.34. The Balaban J connectivity index is 1.37. The average molecular weight is 704 g/mol. The van der Waals surface area contributed by atoms with Gasteiger partial charge in [0.2, 0.25) is 6.33 Å². The highest BCUT2D eigenvalue weighted by Gasteiger charge is 2.42. The average Bonchev–Trinajstić information content (AvgIpc) is 3.76. The molecule has 3 heterocycles. The Hall–Kier alpha value is -6.04. The molecule has 0 fully saturated rings. The third kappa shape index (κ3) is 5.34. The molecule has 0 N–H and O–H groups in total. The van der Waals surface area contributed by atoms with Crippen molar-refractivity contribution in [2.24, 2.45) is 0 Å². The van der Waals surface area contributed by atoms with E-state index in [4.69, 9.17) is 4.98 Å². The van der Waals surface area contributed by atoms with Crippen LogP contribution in [0.3, 0.4) is 0 Å². The van der Waals surface area contributed by atoms with Crippen molar-refractivity contribution in [3.63, 3.8) is 0 Å². The molecule has 53 heavy (non-hydrogen) atoms. The molecule has 9 aromatic rings. The number of pyridine rings is 1. The molecule has 6 aromatic carbocycles. The summed E-state index contributed by atoms with van der Waals surface area (Å²) >= 11 is 0. The molecule has 0 radical (unpaired) electrons. The molecule has 0 amide bonds. The molecule has 3 aromatic heterocycles. The number of hydrogen-bond donors (Lipinski definition) is 0. The third-order valence-electron chi connectivity index (χ3n) is 11.0. The van der Waals surface area contributed by atoms with Gasteiger partial charge in [-0.05, 0) is 94.6 Å². The summed E-state index contributed by atoms with van der Waals surface area (Å²) in [6.45, 7) is 8.99. The van der Waals surface area contributed by atoms with E-state index in [-0.39, 0.29) is 0 Å². The number of nitrogens with zero attached hydrogens (tertiary/aromatic N) is 4. The van der Waals surface area contributed by atoms with Gasteiger partial charge in [0, 0.05) is 17.0 Å². The summed E-state index contributed by atoms with van der Waals surface area (Å²) in [6, 6.07) is 61.2. The Morgan fingerprint density at radius 2 is 1.15 bits per heavy atom. The summed E-state index contributed by atoms with van der Waals surface area (Å²) in [5.74, 6) is 1.35. The molecular formula is C48H43N4Si+. The van der Waals surface area contributed by atoms with Crippen molar-refractivity contribution in [1.29, 1.82) is 0 Å². The second kappa shape index (κ2) is 13.2. The van der Waals surface area contributed by atoms with Crippen LogP contribution in [-0.2, 0) is 0 Å². The standard InChI is InChI=1S/C48H43N4Si/c1-34(2)36-28-29-49-48(30-36)52-44-23-12-11-22-42(44)43-27-26-41(32-47(43)52)53(38-17-7-5-8-18-38,39-19-9-6-10-20-39)40-21-15-16-37(31-40)51-33-50(35(3)4)45-24-13-14-25-46(45)51/h5-35H,1-4H3/q+1. The van der Waals surface area contributed by atoms with E-state index in [0.717, 1.165) is 11.5 Å². The normalized spacial score (nSPS) is 12.1. The van der Waals surface area contributed by atoms with Gasteiger partial charge in [-0.1, -0.05) is 129 Å². The highest BCUT2D eigenvalue weighted by atomic mass is 28.3. The summed E-state index contributed by atoms with van der Waals surface area (Å²) in [6.07, 6.45) is 4.23. The van der Waals surface area contributed by atoms with Gasteiger partial charge in [0.25, 0.3) is 0 Å². The van der Waals surface area contributed by atoms with Crippen LogP contribution >= 0.6 is 0 Å². The van der Waals surface area contributed by atoms with Crippen LogP contribution < -0.4 is 25.3 Å². The van der Waals surface area contributed by atoms with Crippen LogP contribution in [-0.4, -0.2) is 22.2 Å². The van der Waals surface area contributed by atoms with E-state index >= 15 is 0 Å². The third-order valence-corrected chi connectivity index (χ3v) is 15.7. The van der Waals surface area contributed by atoms with Gasteiger partial charge in [-0.25, -0.2) is 9.55 Å². The minimum atomic E-state index is -2.92. The molecule has 258 valence electrons. The number of hydrogen-bond acceptors (Lipinski definition) is 1. The van der Waals surface area contributed by atoms with Crippen molar-refractivity contribution in [3.8, 4) is 11.5 Å². The van der Waals surface area contributed by atoms with Crippen molar-refractivity contribution < 1.29 is 4.57 Å². The summed E-state index contributed by atoms with van der Waals surface area (Å²) in [5.41, 5.74) is 7.21. The smallest absolute Gasteiger partial charge is 0.250 e. The first kappa shape index (κ1) is 32.8. The minimum Gasteiger partial charge on any atom is -0.294 e. The monoisotopic (exact) mass is 703 g/mol. The molecule has 0 aliphatic carbocycles. The summed E-state index contributed by atoms with van der Waals surface area (Å²) < 4.78 is 7.11. The lowest BCUT2D eigenvalue weighted by atomic mass is 10.1. The van der Waals surface area contributed by atoms with Gasteiger partial charge in [-0.15, -0.1) is 0 Å². The Bertz CT molecular complexity index is 2700. The summed E-state index contributed by atoms with van der Waals surface area (Å²) in [4.78, 5) is 4.98. The highest BCUT2D eigenvalue weighted by molar-refractivity contribution is 7.20. The molecule has 9 rings (SSSR count). The number of para-hydroxylation sites is 3. The van der Waals surface area contributed by atoms with Crippen LogP contribution in [0.15, 0.2) is 176 Å². The van der Waals surface area contributed by atoms with Crippen LogP contribution in [0.5, 0.6) is 0 Å². The zero-order valence-corrected chi connectivity index (χ0v) is 31.7. The van der Waals surface area contributed by atoms with Crippen LogP contribution in [0.2, 0.25) is 0 Å². The molecule has 0 unspecified atom stereocenters. The Labute approximate surface area is 312 Å². The van der Waals surface area contributed by atoms with E-state index in [1.807, 2.05) is 6.20 Å². The van der Waals surface area contributed by atoms with Gasteiger partial charge in [0.1, 0.15) is 11.5 Å². The van der Waals surface area contributed by atoms with Gasteiger partial charge in [0.05, 0.1) is 17.1 Å². The maximum Gasteiger partial charge on any atom is 0.250 e. The quantitative estimate of drug-likeness (QED) is 0.0886. The number of benzene rings is 6. The number of imidazole rings is 1. The fraction of sp³-hybridized carbons (Fsp3) is 0.125. The van der Waals surface area contributed by atoms with Gasteiger partial charge >= 0.3 is 0 Å². The molecule has 0 bridgehead atoms. The Morgan fingerprint density at radius 3 is 1.87 bits per heavy atom. The molecule has 4 nitrogen and oxygen atoms in total. The molecular weight excluding hydrogens is 661 g/mol. The number of fused-ring (bicyclic) bond motifs is 4. The lowest BCUT2D eigenvalue weighted by Crippen LogP contribution is -2.74. The van der Waals surface area contributed by atoms with Crippen LogP contribution in [0.1, 0.15) is 45.2 Å². The van der Waals surface area contributed by atoms with E-state index in [2.05, 4.69) is 212 Å². The predicted molar refractivity (Wildman–Crippen MR) is 224 cm³/mol. The van der Waals surface area contributed by atoms with Gasteiger partial charge in [-0.3, -0.25) is 4.57 Å². The predicted octanol–water partition coefficient (Wildman–Crippen LogP) is 8.49. The van der Waals surface area contributed by atoms with Gasteiger partial charge in [0.15, 0.2) is 19.1 Å². The minimum absolute atomic E-state index is 0.334. The molecule has 0 spiro atoms. The Morgan fingerprint density at radius 1 is 0.528 bits per heavy atom. The first-order valence-electron chi connectivity index (χ1n) is 18.7. The largest absolute Gasteiger partial charge is 0.294 e. The maximum atomic E-state index is 4.98. The zero-order chi connectivity index (χ0) is 36.1. The fourth-order valence-corrected chi connectivity index (χ4v) is 13.2. The van der Waals surface area contributed by atoms with E-state index < -0.39 is 8.07 Å². The second-order valence-corrected chi connectivity index (χ2v) is 18.5. The fourth-order valence-electron chi connectivity index (χ4n) is 8.38. The molecule has 0 saturated carbocycles. The number of rotatable bonds is 8. The van der Waals surface area contributed by atoms with Crippen molar-refractivity contribution >= 4 is 61.7 Å². The molecule has 0 atom stereocenters. The summed E-state index contributed by atoms with van der Waals surface area (Å²) in [5, 5.41) is 7.83. The SMILES string of the molecule is CC(C)c1ccnc(-n2c3ccccc3c3ccc([Si](c4ccccc4)(c4ccccc4)c4cccc(-n5c[n+](C(C)C)c6ccccc65)c4)cc32)c1. The molecule has 0 aliphatic heterocycles. The molecule has 0 aliphatic rings. The topological polar surface area (TPSA) is 26.6 Å². The summed E-state index contributed by atoms with van der Waals surface area (Å²) in [7, 11) is -2.92. The van der Waals surface area contributed by atoms with E-state index in [1.165, 1.54) is 59.1 Å². The van der Waals surface area contributed by atoms with Crippen LogP contribution in [0.4, 0.5) is 0 Å². The van der Waals surface area contributed by atoms with Gasteiger partial charge < -0.3 is 0 Å². The van der Waals surface area contributed by atoms with E-state index in [1.54, 1.807) is 0 Å². The van der Waals surface area contributed by atoms with Crippen molar-refractivity contribution in [1.82, 2.24) is 14.1 Å². The maximum absolute atomic E-state index is 4.98. The second-order valence-electron chi connectivity index (χ2n) is 14.7. The molecule has 5 heteroatoms. The van der Waals surface area contributed by atoms with Gasteiger partial charge in [-0.2, -0.15) is 4.57 Å². The van der Waals surface area contributed by atoms with Crippen LogP contribution in [0.25, 0.3) is 44.3 Å². The van der Waals surface area contributed by atoms with Crippen molar-refractivity contribution in [2.75, 3.05) is 0 Å². The lowest BCUT2D eigenvalue weighted by molar-refractivity contribution is -0.691. The van der Waals surface area contributed by atoms with Crippen molar-refractivity contribution in [2.45, 2.75) is 39.7 Å². The van der Waals surface area contributed by atoms with E-state index in [9.17, 15) is 0 Å².